The number of esters is 1. The van der Waals surface area contributed by atoms with E-state index < -0.39 is 0 Å². The second kappa shape index (κ2) is 7.37. The van der Waals surface area contributed by atoms with Gasteiger partial charge in [-0.15, -0.1) is 0 Å². The van der Waals surface area contributed by atoms with E-state index in [2.05, 4.69) is 22.3 Å². The minimum absolute atomic E-state index is 0.103. The number of aromatic nitrogens is 3. The highest BCUT2D eigenvalue weighted by molar-refractivity contribution is 5.70. The van der Waals surface area contributed by atoms with E-state index in [4.69, 9.17) is 4.74 Å². The van der Waals surface area contributed by atoms with Crippen LogP contribution < -0.4 is 10.1 Å². The number of rotatable bonds is 6. The molecule has 23 heavy (non-hydrogen) atoms. The van der Waals surface area contributed by atoms with E-state index in [0.29, 0.717) is 12.3 Å². The van der Waals surface area contributed by atoms with E-state index in [9.17, 15) is 4.79 Å². The summed E-state index contributed by atoms with van der Waals surface area (Å²) in [6.45, 7) is 10.9. The summed E-state index contributed by atoms with van der Waals surface area (Å²) in [5.41, 5.74) is 3.06. The summed E-state index contributed by atoms with van der Waals surface area (Å²) < 4.78 is 7.15. The van der Waals surface area contributed by atoms with Crippen LogP contribution in [-0.2, 0) is 17.9 Å². The molecule has 0 bridgehead atoms. The molecular formula is C17H24N4O2. The summed E-state index contributed by atoms with van der Waals surface area (Å²) >= 11 is 0. The second-order valence-electron chi connectivity index (χ2n) is 5.69. The fraction of sp³-hybridized carbons (Fsp3) is 0.471. The van der Waals surface area contributed by atoms with Crippen LogP contribution in [0.1, 0.15) is 49.3 Å². The first-order chi connectivity index (χ1) is 10.9. The van der Waals surface area contributed by atoms with Crippen molar-refractivity contribution in [2.24, 2.45) is 0 Å². The van der Waals surface area contributed by atoms with Gasteiger partial charge in [-0.3, -0.25) is 4.79 Å². The van der Waals surface area contributed by atoms with Gasteiger partial charge in [0.2, 0.25) is 0 Å². The first-order valence-corrected chi connectivity index (χ1v) is 7.82. The Balaban J connectivity index is 2.07. The molecule has 1 atom stereocenters. The largest absolute Gasteiger partial charge is 0.426 e. The Morgan fingerprint density at radius 3 is 2.57 bits per heavy atom. The molecule has 0 spiro atoms. The van der Waals surface area contributed by atoms with Crippen LogP contribution in [0, 0.1) is 13.8 Å². The van der Waals surface area contributed by atoms with Crippen LogP contribution >= 0.6 is 0 Å². The zero-order chi connectivity index (χ0) is 17.0. The monoisotopic (exact) mass is 316 g/mol. The van der Waals surface area contributed by atoms with Gasteiger partial charge in [0.25, 0.3) is 0 Å². The third-order valence-corrected chi connectivity index (χ3v) is 3.71. The quantitative estimate of drug-likeness (QED) is 0.655. The third kappa shape index (κ3) is 4.16. The van der Waals surface area contributed by atoms with Crippen LogP contribution in [0.25, 0.3) is 0 Å². The number of carbonyl (C=O) groups is 1. The summed E-state index contributed by atoms with van der Waals surface area (Å²) in [5.74, 6) is 1.28. The highest BCUT2D eigenvalue weighted by Gasteiger charge is 2.13. The van der Waals surface area contributed by atoms with Crippen molar-refractivity contribution in [3.05, 3.63) is 41.0 Å². The lowest BCUT2D eigenvalue weighted by atomic mass is 10.1. The fourth-order valence-electron chi connectivity index (χ4n) is 2.66. The molecule has 0 saturated carbocycles. The van der Waals surface area contributed by atoms with Crippen LogP contribution in [0.2, 0.25) is 0 Å². The number of hydrogen-bond donors (Lipinski definition) is 1. The minimum Gasteiger partial charge on any atom is -0.426 e. The second-order valence-corrected chi connectivity index (χ2v) is 5.69. The maximum atomic E-state index is 11.2. The molecular weight excluding hydrogens is 292 g/mol. The van der Waals surface area contributed by atoms with E-state index in [1.807, 2.05) is 37.6 Å². The van der Waals surface area contributed by atoms with Crippen molar-refractivity contribution >= 4 is 5.97 Å². The number of nitrogens with zero attached hydrogens (tertiary/aromatic N) is 3. The molecule has 0 aliphatic heterocycles. The maximum absolute atomic E-state index is 11.2. The molecule has 0 saturated heterocycles. The predicted molar refractivity (Wildman–Crippen MR) is 88.2 cm³/mol. The van der Waals surface area contributed by atoms with Crippen molar-refractivity contribution in [3.63, 3.8) is 0 Å². The molecule has 0 radical (unpaired) electrons. The van der Waals surface area contributed by atoms with Gasteiger partial charge in [-0.1, -0.05) is 12.1 Å². The Labute approximate surface area is 136 Å². The van der Waals surface area contributed by atoms with Crippen molar-refractivity contribution in [2.75, 3.05) is 0 Å². The van der Waals surface area contributed by atoms with E-state index in [1.54, 1.807) is 6.33 Å². The van der Waals surface area contributed by atoms with Crippen molar-refractivity contribution in [2.45, 2.75) is 53.8 Å². The Hall–Kier alpha value is -2.21. The lowest BCUT2D eigenvalue weighted by molar-refractivity contribution is -0.131. The lowest BCUT2D eigenvalue weighted by Crippen LogP contribution is -2.22. The first-order valence-electron chi connectivity index (χ1n) is 7.82. The Morgan fingerprint density at radius 1 is 1.35 bits per heavy atom. The number of nitrogens with one attached hydrogen (secondary N) is 1. The van der Waals surface area contributed by atoms with E-state index >= 15 is 0 Å². The normalized spacial score (nSPS) is 12.2. The van der Waals surface area contributed by atoms with Crippen molar-refractivity contribution in [1.82, 2.24) is 20.1 Å². The molecule has 6 nitrogen and oxygen atoms in total. The molecule has 0 amide bonds. The van der Waals surface area contributed by atoms with Gasteiger partial charge in [0, 0.05) is 20.0 Å². The first kappa shape index (κ1) is 17.1. The Kier molecular flexibility index (Phi) is 5.50. The van der Waals surface area contributed by atoms with Crippen LogP contribution in [-0.4, -0.2) is 20.7 Å². The molecule has 1 unspecified atom stereocenters. The number of benzene rings is 1. The number of aryl methyl sites for hydroxylation is 3. The van der Waals surface area contributed by atoms with Crippen LogP contribution in [0.3, 0.4) is 0 Å². The van der Waals surface area contributed by atoms with Crippen LogP contribution in [0.5, 0.6) is 5.75 Å². The van der Waals surface area contributed by atoms with E-state index in [0.717, 1.165) is 29.1 Å². The molecule has 0 aliphatic carbocycles. The Bertz CT molecular complexity index is 671. The van der Waals surface area contributed by atoms with Crippen molar-refractivity contribution < 1.29 is 9.53 Å². The molecule has 0 fully saturated rings. The molecule has 6 heteroatoms. The smallest absolute Gasteiger partial charge is 0.308 e. The van der Waals surface area contributed by atoms with Crippen molar-refractivity contribution in [1.29, 1.82) is 0 Å². The molecule has 2 rings (SSSR count). The minimum atomic E-state index is -0.297. The van der Waals surface area contributed by atoms with Gasteiger partial charge in [0.15, 0.2) is 0 Å². The standard InChI is InChI=1S/C17H24N4O2/c1-6-21-17(19-10-20-21)13(4)18-9-15-7-11(2)16(12(3)8-15)23-14(5)22/h7-8,10,13,18H,6,9H2,1-5H3. The molecule has 0 aliphatic rings. The zero-order valence-corrected chi connectivity index (χ0v) is 14.4. The average molecular weight is 316 g/mol. The highest BCUT2D eigenvalue weighted by Crippen LogP contribution is 2.25. The van der Waals surface area contributed by atoms with Gasteiger partial charge in [-0.05, 0) is 44.4 Å². The summed E-state index contributed by atoms with van der Waals surface area (Å²) in [4.78, 5) is 15.5. The molecule has 1 aromatic heterocycles. The van der Waals surface area contributed by atoms with Gasteiger partial charge in [0.05, 0.1) is 6.04 Å². The maximum Gasteiger partial charge on any atom is 0.308 e. The summed E-state index contributed by atoms with van der Waals surface area (Å²) in [6, 6.07) is 4.18. The van der Waals surface area contributed by atoms with E-state index in [1.165, 1.54) is 6.92 Å². The third-order valence-electron chi connectivity index (χ3n) is 3.71. The molecule has 124 valence electrons. The topological polar surface area (TPSA) is 69.0 Å². The number of ether oxygens (including phenoxy) is 1. The number of hydrogen-bond acceptors (Lipinski definition) is 5. The van der Waals surface area contributed by atoms with Gasteiger partial charge in [-0.25, -0.2) is 9.67 Å². The van der Waals surface area contributed by atoms with Crippen molar-refractivity contribution in [3.8, 4) is 5.75 Å². The van der Waals surface area contributed by atoms with E-state index in [-0.39, 0.29) is 12.0 Å². The Morgan fingerprint density at radius 2 is 2.00 bits per heavy atom. The van der Waals surface area contributed by atoms with Crippen LogP contribution in [0.15, 0.2) is 18.5 Å². The number of carbonyl (C=O) groups excluding carboxylic acids is 1. The SMILES string of the molecule is CCn1ncnc1C(C)NCc1cc(C)c(OC(C)=O)c(C)c1. The van der Waals surface area contributed by atoms with Crippen LogP contribution in [0.4, 0.5) is 0 Å². The van der Waals surface area contributed by atoms with Gasteiger partial charge >= 0.3 is 5.97 Å². The summed E-state index contributed by atoms with van der Waals surface area (Å²) in [5, 5.41) is 7.65. The lowest BCUT2D eigenvalue weighted by Gasteiger charge is -2.16. The molecule has 2 aromatic rings. The predicted octanol–water partition coefficient (Wildman–Crippen LogP) is 2.69. The molecule has 1 aromatic carbocycles. The molecule has 1 N–H and O–H groups in total. The zero-order valence-electron chi connectivity index (χ0n) is 14.4. The fourth-order valence-corrected chi connectivity index (χ4v) is 2.66. The van der Waals surface area contributed by atoms with Gasteiger partial charge in [-0.2, -0.15) is 5.10 Å². The molecule has 1 heterocycles. The summed E-state index contributed by atoms with van der Waals surface area (Å²) in [7, 11) is 0. The average Bonchev–Trinajstić information content (AvgIpc) is 2.97. The van der Waals surface area contributed by atoms with Gasteiger partial charge < -0.3 is 10.1 Å². The summed E-state index contributed by atoms with van der Waals surface area (Å²) in [6.07, 6.45) is 1.58. The highest BCUT2D eigenvalue weighted by atomic mass is 16.5. The van der Waals surface area contributed by atoms with Gasteiger partial charge in [0.1, 0.15) is 17.9 Å².